The van der Waals surface area contributed by atoms with E-state index in [1.165, 1.54) is 76.8 Å². The van der Waals surface area contributed by atoms with Gasteiger partial charge in [0.25, 0.3) is 0 Å². The Balaban J connectivity index is 0.905. The van der Waals surface area contributed by atoms with E-state index in [0.717, 1.165) is 55.0 Å². The Labute approximate surface area is 340 Å². The smallest absolute Gasteiger partial charge is 0.178 e. The summed E-state index contributed by atoms with van der Waals surface area (Å²) in [5, 5.41) is 12.0. The lowest BCUT2D eigenvalue weighted by atomic mass is 9.82. The number of fused-ring (bicyclic) bond motifs is 16. The number of rotatable bonds is 3. The molecule has 10 aromatic carbocycles. The predicted octanol–water partition coefficient (Wildman–Crippen LogP) is 16.3. The summed E-state index contributed by atoms with van der Waals surface area (Å²) < 4.78 is 13.3. The van der Waals surface area contributed by atoms with Crippen molar-refractivity contribution in [3.63, 3.8) is 0 Å². The summed E-state index contributed by atoms with van der Waals surface area (Å²) >= 11 is 0. The zero-order valence-electron chi connectivity index (χ0n) is 32.6. The van der Waals surface area contributed by atoms with Crippen molar-refractivity contribution in [2.45, 2.75) is 19.3 Å². The number of hydrogen-bond acceptors (Lipinski definition) is 2. The van der Waals surface area contributed by atoms with E-state index >= 15 is 0 Å². The Morgan fingerprint density at radius 1 is 0.305 bits per heavy atom. The highest BCUT2D eigenvalue weighted by atomic mass is 16.4. The summed E-state index contributed by atoms with van der Waals surface area (Å²) in [6.45, 7) is 4.67. The van der Waals surface area contributed by atoms with Gasteiger partial charge < -0.3 is 8.83 Å². The first-order valence-corrected chi connectivity index (χ1v) is 20.5. The van der Waals surface area contributed by atoms with E-state index in [-0.39, 0.29) is 5.41 Å². The highest BCUT2D eigenvalue weighted by Gasteiger charge is 2.36. The molecule has 2 heterocycles. The van der Waals surface area contributed by atoms with Crippen LogP contribution < -0.4 is 0 Å². The summed E-state index contributed by atoms with van der Waals surface area (Å²) in [6, 6.07) is 66.5. The van der Waals surface area contributed by atoms with Crippen molar-refractivity contribution in [1.29, 1.82) is 0 Å². The molecule has 0 fully saturated rings. The molecule has 0 saturated carbocycles. The maximum Gasteiger partial charge on any atom is 0.178 e. The number of furan rings is 2. The Morgan fingerprint density at radius 3 is 1.41 bits per heavy atom. The minimum atomic E-state index is -0.0487. The molecule has 1 aliphatic carbocycles. The second-order valence-corrected chi connectivity index (χ2v) is 16.8. The lowest BCUT2D eigenvalue weighted by Gasteiger charge is -2.21. The van der Waals surface area contributed by atoms with E-state index in [0.29, 0.717) is 0 Å². The first-order valence-electron chi connectivity index (χ1n) is 20.5. The van der Waals surface area contributed by atoms with Crippen molar-refractivity contribution in [3.05, 3.63) is 193 Å². The zero-order valence-corrected chi connectivity index (χ0v) is 32.6. The second kappa shape index (κ2) is 11.8. The van der Waals surface area contributed by atoms with Crippen molar-refractivity contribution >= 4 is 76.2 Å². The molecule has 13 rings (SSSR count). The summed E-state index contributed by atoms with van der Waals surface area (Å²) in [5.74, 6) is 0. The van der Waals surface area contributed by atoms with Gasteiger partial charge in [-0.3, -0.25) is 0 Å². The van der Waals surface area contributed by atoms with Gasteiger partial charge in [0.15, 0.2) is 11.2 Å². The van der Waals surface area contributed by atoms with Gasteiger partial charge in [-0.25, -0.2) is 0 Å². The van der Waals surface area contributed by atoms with Gasteiger partial charge in [0, 0.05) is 27.0 Å². The van der Waals surface area contributed by atoms with Gasteiger partial charge in [0.2, 0.25) is 0 Å². The lowest BCUT2D eigenvalue weighted by molar-refractivity contribution is 0.633. The first-order chi connectivity index (χ1) is 29.0. The number of benzene rings is 10. The van der Waals surface area contributed by atoms with E-state index in [4.69, 9.17) is 8.83 Å². The van der Waals surface area contributed by atoms with Crippen molar-refractivity contribution in [2.24, 2.45) is 0 Å². The molecule has 0 unspecified atom stereocenters. The molecule has 0 radical (unpaired) electrons. The van der Waals surface area contributed by atoms with Crippen LogP contribution in [0.25, 0.3) is 121 Å². The summed E-state index contributed by atoms with van der Waals surface area (Å²) in [5.41, 5.74) is 15.8. The largest absolute Gasteiger partial charge is 0.452 e. The van der Waals surface area contributed by atoms with Crippen LogP contribution in [0.5, 0.6) is 0 Å². The van der Waals surface area contributed by atoms with Crippen LogP contribution in [-0.4, -0.2) is 0 Å². The third-order valence-corrected chi connectivity index (χ3v) is 13.3. The van der Waals surface area contributed by atoms with E-state index in [9.17, 15) is 0 Å². The molecule has 1 aliphatic rings. The van der Waals surface area contributed by atoms with Gasteiger partial charge >= 0.3 is 0 Å². The fraction of sp³-hybridized carbons (Fsp3) is 0.0526. The van der Waals surface area contributed by atoms with Gasteiger partial charge in [-0.1, -0.05) is 147 Å². The Kier molecular flexibility index (Phi) is 6.54. The third kappa shape index (κ3) is 4.57. The van der Waals surface area contributed by atoms with Crippen molar-refractivity contribution in [2.75, 3.05) is 0 Å². The molecule has 2 aromatic heterocycles. The summed E-state index contributed by atoms with van der Waals surface area (Å²) in [4.78, 5) is 0. The van der Waals surface area contributed by atoms with Crippen LogP contribution in [0.15, 0.2) is 191 Å². The average molecular weight is 753 g/mol. The third-order valence-electron chi connectivity index (χ3n) is 13.3. The van der Waals surface area contributed by atoms with Crippen molar-refractivity contribution < 1.29 is 8.83 Å². The molecule has 276 valence electrons. The second-order valence-electron chi connectivity index (χ2n) is 16.8. The molecule has 0 bridgehead atoms. The molecular weight excluding hydrogens is 717 g/mol. The standard InChI is InChI=1S/C57H36O2/c1-57(2)50-19-8-7-17-46(50)54-38(18-10-20-51(54)57)37-23-28-53-49(32-37)45-26-25-44-48-31-36(22-27-52(48)58-55(44)56(45)59-53)34-12-9-11-33(29-34)35-21-24-43-41-15-4-3-13-39(41)40-14-5-6-16-42(40)47(43)30-35/h3-32H,1-2H3. The zero-order chi connectivity index (χ0) is 39.0. The van der Waals surface area contributed by atoms with E-state index < -0.39 is 0 Å². The average Bonchev–Trinajstić information content (AvgIpc) is 3.93. The van der Waals surface area contributed by atoms with Crippen LogP contribution in [0.3, 0.4) is 0 Å². The Bertz CT molecular complexity index is 3730. The SMILES string of the molecule is CC1(C)c2ccccc2-c2c(-c3ccc4oc5c(ccc6c7cc(-c8cccc(-c9ccc%10c%11ccccc%11c%11ccccc%11c%10c9)c8)ccc7oc65)c4c3)cccc21. The predicted molar refractivity (Wildman–Crippen MR) is 247 cm³/mol. The fourth-order valence-electron chi connectivity index (χ4n) is 10.4. The minimum absolute atomic E-state index is 0.0487. The van der Waals surface area contributed by atoms with Crippen LogP contribution in [0.2, 0.25) is 0 Å². The molecule has 0 amide bonds. The van der Waals surface area contributed by atoms with Gasteiger partial charge in [-0.2, -0.15) is 0 Å². The van der Waals surface area contributed by atoms with Crippen molar-refractivity contribution in [3.8, 4) is 44.5 Å². The van der Waals surface area contributed by atoms with Crippen LogP contribution >= 0.6 is 0 Å². The topological polar surface area (TPSA) is 26.3 Å². The quantitative estimate of drug-likeness (QED) is 0.168. The van der Waals surface area contributed by atoms with Crippen LogP contribution in [0.4, 0.5) is 0 Å². The van der Waals surface area contributed by atoms with Crippen LogP contribution in [0.1, 0.15) is 25.0 Å². The maximum atomic E-state index is 6.63. The molecule has 0 aliphatic heterocycles. The van der Waals surface area contributed by atoms with E-state index in [1.807, 2.05) is 0 Å². The monoisotopic (exact) mass is 752 g/mol. The lowest BCUT2D eigenvalue weighted by Crippen LogP contribution is -2.14. The maximum absolute atomic E-state index is 6.63. The molecular formula is C57H36O2. The summed E-state index contributed by atoms with van der Waals surface area (Å²) in [7, 11) is 0. The minimum Gasteiger partial charge on any atom is -0.452 e. The first kappa shape index (κ1) is 32.6. The van der Waals surface area contributed by atoms with E-state index in [2.05, 4.69) is 196 Å². The molecule has 0 saturated heterocycles. The number of hydrogen-bond donors (Lipinski definition) is 0. The van der Waals surface area contributed by atoms with Crippen molar-refractivity contribution in [1.82, 2.24) is 0 Å². The fourth-order valence-corrected chi connectivity index (χ4v) is 10.4. The molecule has 2 nitrogen and oxygen atoms in total. The molecule has 12 aromatic rings. The Morgan fingerprint density at radius 2 is 0.746 bits per heavy atom. The van der Waals surface area contributed by atoms with E-state index in [1.54, 1.807) is 0 Å². The molecule has 0 atom stereocenters. The highest BCUT2D eigenvalue weighted by molar-refractivity contribution is 6.26. The van der Waals surface area contributed by atoms with Crippen LogP contribution in [0, 0.1) is 0 Å². The van der Waals surface area contributed by atoms with Gasteiger partial charge in [0.05, 0.1) is 0 Å². The summed E-state index contributed by atoms with van der Waals surface area (Å²) in [6.07, 6.45) is 0. The molecule has 0 spiro atoms. The molecule has 2 heteroatoms. The molecule has 0 N–H and O–H groups in total. The van der Waals surface area contributed by atoms with Gasteiger partial charge in [-0.15, -0.1) is 0 Å². The highest BCUT2D eigenvalue weighted by Crippen LogP contribution is 2.52. The van der Waals surface area contributed by atoms with Gasteiger partial charge in [-0.05, 0) is 136 Å². The van der Waals surface area contributed by atoms with Crippen LogP contribution in [-0.2, 0) is 5.41 Å². The Hall–Kier alpha value is -7.42. The normalized spacial score (nSPS) is 13.4. The van der Waals surface area contributed by atoms with Gasteiger partial charge in [0.1, 0.15) is 11.2 Å². The molecule has 59 heavy (non-hydrogen) atoms.